The molecule has 0 saturated heterocycles. The molecule has 1 unspecified atom stereocenters. The van der Waals surface area contributed by atoms with Gasteiger partial charge in [-0.1, -0.05) is 55.6 Å². The molecule has 10 heteroatoms. The Balaban J connectivity index is 1.72. The van der Waals surface area contributed by atoms with E-state index in [9.17, 15) is 18.0 Å². The molecule has 230 valence electrons. The number of rotatable bonds is 13. The molecular weight excluding hydrogens is 586 g/mol. The third-order valence-corrected chi connectivity index (χ3v) is 9.85. The molecule has 1 saturated carbocycles. The Kier molecular flexibility index (Phi) is 11.1. The minimum Gasteiger partial charge on any atom is -0.494 e. The van der Waals surface area contributed by atoms with Gasteiger partial charge in [-0.3, -0.25) is 13.9 Å². The van der Waals surface area contributed by atoms with Crippen LogP contribution >= 0.6 is 11.6 Å². The molecule has 8 nitrogen and oxygen atoms in total. The number of halogens is 1. The monoisotopic (exact) mass is 625 g/mol. The zero-order chi connectivity index (χ0) is 31.0. The van der Waals surface area contributed by atoms with Gasteiger partial charge in [0, 0.05) is 17.6 Å². The van der Waals surface area contributed by atoms with E-state index in [1.807, 2.05) is 45.0 Å². The fraction of sp³-hybridized carbons (Fsp3) is 0.394. The molecule has 0 aromatic heterocycles. The minimum absolute atomic E-state index is 0.00458. The molecule has 2 amide bonds. The van der Waals surface area contributed by atoms with Crippen LogP contribution in [0.3, 0.4) is 0 Å². The van der Waals surface area contributed by atoms with Crippen LogP contribution in [0.25, 0.3) is 0 Å². The third kappa shape index (κ3) is 8.09. The quantitative estimate of drug-likeness (QED) is 0.247. The highest BCUT2D eigenvalue weighted by atomic mass is 35.5. The normalized spacial score (nSPS) is 14.2. The minimum atomic E-state index is -4.19. The maximum atomic E-state index is 14.3. The predicted octanol–water partition coefficient (Wildman–Crippen LogP) is 6.11. The molecule has 3 aromatic carbocycles. The van der Waals surface area contributed by atoms with Crippen molar-refractivity contribution in [3.05, 3.63) is 88.9 Å². The van der Waals surface area contributed by atoms with Gasteiger partial charge in [-0.2, -0.15) is 0 Å². The first kappa shape index (κ1) is 32.4. The van der Waals surface area contributed by atoms with Gasteiger partial charge in [0.1, 0.15) is 18.3 Å². The number of hydrogen-bond donors (Lipinski definition) is 1. The average Bonchev–Trinajstić information content (AvgIpc) is 3.50. The zero-order valence-corrected chi connectivity index (χ0v) is 26.5. The number of sulfonamides is 1. The van der Waals surface area contributed by atoms with Crippen molar-refractivity contribution in [1.82, 2.24) is 10.2 Å². The highest BCUT2D eigenvalue weighted by molar-refractivity contribution is 7.92. The number of ether oxygens (including phenoxy) is 1. The summed E-state index contributed by atoms with van der Waals surface area (Å²) in [4.78, 5) is 29.4. The maximum Gasteiger partial charge on any atom is 0.264 e. The Hall–Kier alpha value is -3.56. The summed E-state index contributed by atoms with van der Waals surface area (Å²) in [5.74, 6) is -0.121. The van der Waals surface area contributed by atoms with Crippen LogP contribution in [-0.2, 0) is 26.2 Å². The van der Waals surface area contributed by atoms with Crippen LogP contribution in [0.5, 0.6) is 5.75 Å². The Morgan fingerprint density at radius 1 is 0.977 bits per heavy atom. The number of carbonyl (C=O) groups is 2. The summed E-state index contributed by atoms with van der Waals surface area (Å²) in [6.45, 7) is 5.80. The molecule has 1 atom stereocenters. The van der Waals surface area contributed by atoms with Gasteiger partial charge < -0.3 is 15.0 Å². The highest BCUT2D eigenvalue weighted by Crippen LogP contribution is 2.28. The lowest BCUT2D eigenvalue weighted by atomic mass is 10.1. The number of nitrogens with zero attached hydrogens (tertiary/aromatic N) is 2. The standard InChI is InChI=1S/C33H40ClN3O5S/c1-4-31(33(39)35-27-12-8-9-13-27)36(22-25-11-7-6-10-24(25)3)32(38)23-37(28-16-18-29(19-17-28)42-5-2)43(40,41)30-20-14-26(34)15-21-30/h6-7,10-11,14-21,27,31H,4-5,8-9,12-13,22-23H2,1-3H3,(H,35,39). The second kappa shape index (κ2) is 14.8. The van der Waals surface area contributed by atoms with Crippen molar-refractivity contribution in [3.63, 3.8) is 0 Å². The molecule has 0 spiro atoms. The van der Waals surface area contributed by atoms with Gasteiger partial charge >= 0.3 is 0 Å². The fourth-order valence-electron chi connectivity index (χ4n) is 5.40. The molecule has 0 radical (unpaired) electrons. The van der Waals surface area contributed by atoms with Crippen molar-refractivity contribution in [3.8, 4) is 5.75 Å². The topological polar surface area (TPSA) is 96.0 Å². The maximum absolute atomic E-state index is 14.3. The first-order valence-corrected chi connectivity index (χ1v) is 16.6. The molecule has 1 fully saturated rings. The van der Waals surface area contributed by atoms with E-state index >= 15 is 0 Å². The second-order valence-electron chi connectivity index (χ2n) is 10.8. The van der Waals surface area contributed by atoms with Crippen LogP contribution in [0.15, 0.2) is 77.7 Å². The van der Waals surface area contributed by atoms with Crippen LogP contribution in [0.4, 0.5) is 5.69 Å². The van der Waals surface area contributed by atoms with Crippen LogP contribution in [0.1, 0.15) is 57.1 Å². The van der Waals surface area contributed by atoms with Crippen molar-refractivity contribution in [2.75, 3.05) is 17.5 Å². The first-order valence-electron chi connectivity index (χ1n) is 14.8. The Labute approximate surface area is 260 Å². The summed E-state index contributed by atoms with van der Waals surface area (Å²) >= 11 is 6.04. The number of hydrogen-bond acceptors (Lipinski definition) is 5. The summed E-state index contributed by atoms with van der Waals surface area (Å²) in [5, 5.41) is 3.53. The summed E-state index contributed by atoms with van der Waals surface area (Å²) in [7, 11) is -4.19. The highest BCUT2D eigenvalue weighted by Gasteiger charge is 2.34. The van der Waals surface area contributed by atoms with Gasteiger partial charge in [0.05, 0.1) is 17.2 Å². The number of carbonyl (C=O) groups excluding carboxylic acids is 2. The van der Waals surface area contributed by atoms with Crippen molar-refractivity contribution in [1.29, 1.82) is 0 Å². The second-order valence-corrected chi connectivity index (χ2v) is 13.1. The molecule has 0 aliphatic heterocycles. The van der Waals surface area contributed by atoms with Crippen molar-refractivity contribution in [2.45, 2.75) is 76.4 Å². The van der Waals surface area contributed by atoms with E-state index in [-0.39, 0.29) is 23.4 Å². The van der Waals surface area contributed by atoms with E-state index in [1.54, 1.807) is 24.3 Å². The number of amides is 2. The van der Waals surface area contributed by atoms with Gasteiger partial charge in [0.25, 0.3) is 10.0 Å². The van der Waals surface area contributed by atoms with Crippen LogP contribution < -0.4 is 14.4 Å². The molecule has 43 heavy (non-hydrogen) atoms. The molecule has 0 bridgehead atoms. The Morgan fingerprint density at radius 2 is 1.63 bits per heavy atom. The lowest BCUT2D eigenvalue weighted by Crippen LogP contribution is -2.53. The van der Waals surface area contributed by atoms with E-state index in [4.69, 9.17) is 16.3 Å². The van der Waals surface area contributed by atoms with Gasteiger partial charge in [0.2, 0.25) is 11.8 Å². The SMILES string of the molecule is CCOc1ccc(N(CC(=O)N(Cc2ccccc2C)C(CC)C(=O)NC2CCCC2)S(=O)(=O)c2ccc(Cl)cc2)cc1. The van der Waals surface area contributed by atoms with E-state index < -0.39 is 28.5 Å². The number of aryl methyl sites for hydroxylation is 1. The molecule has 4 rings (SSSR count). The summed E-state index contributed by atoms with van der Waals surface area (Å²) < 4.78 is 34.7. The largest absolute Gasteiger partial charge is 0.494 e. The Morgan fingerprint density at radius 3 is 2.23 bits per heavy atom. The lowest BCUT2D eigenvalue weighted by molar-refractivity contribution is -0.140. The molecule has 1 aliphatic carbocycles. The molecule has 0 heterocycles. The number of benzene rings is 3. The summed E-state index contributed by atoms with van der Waals surface area (Å²) in [6, 6.07) is 19.4. The molecule has 1 N–H and O–H groups in total. The van der Waals surface area contributed by atoms with Crippen molar-refractivity contribution in [2.24, 2.45) is 0 Å². The third-order valence-electron chi connectivity index (χ3n) is 7.81. The molecule has 1 aliphatic rings. The van der Waals surface area contributed by atoms with E-state index in [2.05, 4.69) is 5.32 Å². The van der Waals surface area contributed by atoms with E-state index in [0.29, 0.717) is 29.5 Å². The smallest absolute Gasteiger partial charge is 0.264 e. The van der Waals surface area contributed by atoms with Gasteiger partial charge in [-0.05, 0) is 92.8 Å². The number of nitrogens with one attached hydrogen (secondary N) is 1. The van der Waals surface area contributed by atoms with Crippen molar-refractivity contribution < 1.29 is 22.7 Å². The predicted molar refractivity (Wildman–Crippen MR) is 170 cm³/mol. The van der Waals surface area contributed by atoms with Crippen LogP contribution in [0, 0.1) is 6.92 Å². The van der Waals surface area contributed by atoms with E-state index in [0.717, 1.165) is 41.1 Å². The van der Waals surface area contributed by atoms with Gasteiger partial charge in [-0.15, -0.1) is 0 Å². The average molecular weight is 626 g/mol. The van der Waals surface area contributed by atoms with Gasteiger partial charge in [0.15, 0.2) is 0 Å². The molecular formula is C33H40ClN3O5S. The van der Waals surface area contributed by atoms with Crippen LogP contribution in [-0.4, -0.2) is 50.4 Å². The fourth-order valence-corrected chi connectivity index (χ4v) is 6.94. The summed E-state index contributed by atoms with van der Waals surface area (Å²) in [5.41, 5.74) is 2.16. The lowest BCUT2D eigenvalue weighted by Gasteiger charge is -2.34. The number of anilines is 1. The molecule has 3 aromatic rings. The van der Waals surface area contributed by atoms with Crippen LogP contribution in [0.2, 0.25) is 5.02 Å². The van der Waals surface area contributed by atoms with Crippen molar-refractivity contribution >= 4 is 39.1 Å². The van der Waals surface area contributed by atoms with E-state index in [1.165, 1.54) is 29.2 Å². The van der Waals surface area contributed by atoms with Gasteiger partial charge in [-0.25, -0.2) is 8.42 Å². The first-order chi connectivity index (χ1) is 20.6. The zero-order valence-electron chi connectivity index (χ0n) is 25.0. The summed E-state index contributed by atoms with van der Waals surface area (Å²) in [6.07, 6.45) is 4.33. The Bertz CT molecular complexity index is 1490.